The smallest absolute Gasteiger partial charge is 0.166 e. The lowest BCUT2D eigenvalue weighted by Gasteiger charge is -2.37. The fraction of sp³-hybridized carbons (Fsp3) is 0.421. The van der Waals surface area contributed by atoms with Gasteiger partial charge in [0.15, 0.2) is 5.78 Å². The van der Waals surface area contributed by atoms with Gasteiger partial charge in [0.25, 0.3) is 0 Å². The number of benzene rings is 2. The molecule has 2 unspecified atom stereocenters. The van der Waals surface area contributed by atoms with Crippen molar-refractivity contribution in [3.05, 3.63) is 48.0 Å². The maximum atomic E-state index is 12.9. The molecule has 2 saturated heterocycles. The Morgan fingerprint density at radius 3 is 2.36 bits per heavy atom. The van der Waals surface area contributed by atoms with Gasteiger partial charge in [0.2, 0.25) is 0 Å². The molecule has 2 bridgehead atoms. The molecule has 114 valence electrons. The number of hydrogen-bond donors (Lipinski definition) is 0. The largest absolute Gasteiger partial charge is 0.294 e. The third kappa shape index (κ3) is 2.41. The van der Waals surface area contributed by atoms with Crippen LogP contribution in [0.2, 0.25) is 0 Å². The van der Waals surface area contributed by atoms with E-state index >= 15 is 0 Å². The molecule has 22 heavy (non-hydrogen) atoms. The van der Waals surface area contributed by atoms with Crippen LogP contribution < -0.4 is 0 Å². The molecule has 3 heteroatoms. The minimum atomic E-state index is -0.704. The summed E-state index contributed by atoms with van der Waals surface area (Å²) in [5.41, 5.74) is 0.814. The van der Waals surface area contributed by atoms with Crippen molar-refractivity contribution in [2.75, 3.05) is 0 Å². The topological polar surface area (TPSA) is 34.1 Å². The van der Waals surface area contributed by atoms with Crippen LogP contribution in [0.15, 0.2) is 42.5 Å². The summed E-state index contributed by atoms with van der Waals surface area (Å²) in [4.78, 5) is 12.9. The van der Waals surface area contributed by atoms with E-state index in [0.717, 1.165) is 36.6 Å². The first-order valence-corrected chi connectivity index (χ1v) is 9.42. The first-order valence-electron chi connectivity index (χ1n) is 8.15. The molecule has 2 aliphatic heterocycles. The normalized spacial score (nSPS) is 31.1. The number of ketones is 1. The quantitative estimate of drug-likeness (QED) is 0.782. The molecule has 0 aromatic heterocycles. The zero-order chi connectivity index (χ0) is 15.1. The molecule has 2 heterocycles. The Bertz CT molecular complexity index is 736. The average Bonchev–Trinajstić information content (AvgIpc) is 2.53. The number of carbonyl (C=O) groups is 1. The van der Waals surface area contributed by atoms with Gasteiger partial charge in [0.1, 0.15) is 0 Å². The first-order chi connectivity index (χ1) is 10.7. The summed E-state index contributed by atoms with van der Waals surface area (Å²) in [5.74, 6) is 0.313. The predicted octanol–water partition coefficient (Wildman–Crippen LogP) is 4.10. The van der Waals surface area contributed by atoms with Gasteiger partial charge in [-0.25, -0.2) is 0 Å². The molecule has 0 radical (unpaired) electrons. The Labute approximate surface area is 133 Å². The van der Waals surface area contributed by atoms with Crippen molar-refractivity contribution in [2.24, 2.45) is 5.92 Å². The van der Waals surface area contributed by atoms with Gasteiger partial charge in [-0.3, -0.25) is 9.00 Å². The van der Waals surface area contributed by atoms with E-state index in [1.54, 1.807) is 0 Å². The van der Waals surface area contributed by atoms with Crippen LogP contribution in [0.3, 0.4) is 0 Å². The number of Topliss-reactive ketones (excluding diaryl/α,β-unsaturated/α-hetero) is 1. The monoisotopic (exact) mass is 312 g/mol. The van der Waals surface area contributed by atoms with Crippen LogP contribution in [0.4, 0.5) is 0 Å². The standard InChI is InChI=1S/C19H20O2S/c20-19(15-9-8-13-4-1-2-5-14(13)10-15)16-11-17-6-3-7-18(12-16)22(17)21/h1-2,4-5,8-10,16-18H,3,6-7,11-12H2. The Morgan fingerprint density at radius 2 is 1.64 bits per heavy atom. The van der Waals surface area contributed by atoms with Crippen LogP contribution in [0, 0.1) is 5.92 Å². The number of hydrogen-bond acceptors (Lipinski definition) is 2. The number of fused-ring (bicyclic) bond motifs is 3. The Kier molecular flexibility index (Phi) is 3.61. The molecule has 2 aromatic rings. The summed E-state index contributed by atoms with van der Waals surface area (Å²) in [6.45, 7) is 0. The zero-order valence-electron chi connectivity index (χ0n) is 12.5. The fourth-order valence-electron chi connectivity index (χ4n) is 4.03. The maximum absolute atomic E-state index is 12.9. The summed E-state index contributed by atoms with van der Waals surface area (Å²) in [7, 11) is -0.704. The lowest BCUT2D eigenvalue weighted by atomic mass is 9.84. The van der Waals surface area contributed by atoms with Gasteiger partial charge in [0.05, 0.1) is 0 Å². The molecule has 0 N–H and O–H groups in total. The highest BCUT2D eigenvalue weighted by Crippen LogP contribution is 2.38. The predicted molar refractivity (Wildman–Crippen MR) is 90.6 cm³/mol. The van der Waals surface area contributed by atoms with Crippen molar-refractivity contribution in [3.8, 4) is 0 Å². The lowest BCUT2D eigenvalue weighted by molar-refractivity contribution is 0.0895. The van der Waals surface area contributed by atoms with Gasteiger partial charge in [0, 0.05) is 32.8 Å². The second-order valence-electron chi connectivity index (χ2n) is 6.60. The summed E-state index contributed by atoms with van der Waals surface area (Å²) in [6, 6.07) is 14.1. The van der Waals surface area contributed by atoms with Crippen molar-refractivity contribution in [1.82, 2.24) is 0 Å². The maximum Gasteiger partial charge on any atom is 0.166 e. The van der Waals surface area contributed by atoms with Crippen LogP contribution in [0.25, 0.3) is 10.8 Å². The second kappa shape index (κ2) is 5.62. The van der Waals surface area contributed by atoms with E-state index in [9.17, 15) is 9.00 Å². The highest BCUT2D eigenvalue weighted by Gasteiger charge is 2.40. The summed E-state index contributed by atoms with van der Waals surface area (Å²) >= 11 is 0. The van der Waals surface area contributed by atoms with Crippen LogP contribution in [-0.4, -0.2) is 20.5 Å². The van der Waals surface area contributed by atoms with Gasteiger partial charge in [-0.05, 0) is 42.5 Å². The Hall–Kier alpha value is -1.48. The summed E-state index contributed by atoms with van der Waals surface area (Å²) < 4.78 is 12.3. The van der Waals surface area contributed by atoms with E-state index in [1.807, 2.05) is 30.3 Å². The van der Waals surface area contributed by atoms with Gasteiger partial charge >= 0.3 is 0 Å². The molecule has 2 aromatic carbocycles. The lowest BCUT2D eigenvalue weighted by Crippen LogP contribution is -2.41. The fourth-order valence-corrected chi connectivity index (χ4v) is 6.21. The molecule has 4 rings (SSSR count). The van der Waals surface area contributed by atoms with E-state index in [4.69, 9.17) is 0 Å². The SMILES string of the molecule is O=C(c1ccc2ccccc2c1)C1CC2CCCC(C1)S2=O. The van der Waals surface area contributed by atoms with E-state index in [2.05, 4.69) is 12.1 Å². The molecular formula is C19H20O2S. The Balaban J connectivity index is 1.61. The molecular weight excluding hydrogens is 292 g/mol. The number of rotatable bonds is 2. The third-order valence-electron chi connectivity index (χ3n) is 5.21. The van der Waals surface area contributed by atoms with Crippen molar-refractivity contribution < 1.29 is 9.00 Å². The van der Waals surface area contributed by atoms with E-state index in [1.165, 1.54) is 11.8 Å². The third-order valence-corrected chi connectivity index (χ3v) is 7.38. The highest BCUT2D eigenvalue weighted by molar-refractivity contribution is 7.86. The van der Waals surface area contributed by atoms with E-state index < -0.39 is 10.8 Å². The van der Waals surface area contributed by atoms with Crippen LogP contribution in [-0.2, 0) is 10.8 Å². The van der Waals surface area contributed by atoms with Crippen molar-refractivity contribution in [2.45, 2.75) is 42.6 Å². The molecule has 0 spiro atoms. The molecule has 0 aliphatic carbocycles. The molecule has 2 nitrogen and oxygen atoms in total. The summed E-state index contributed by atoms with van der Waals surface area (Å²) in [5, 5.41) is 2.79. The van der Waals surface area contributed by atoms with Crippen LogP contribution in [0.1, 0.15) is 42.5 Å². The number of carbonyl (C=O) groups excluding carboxylic acids is 1. The van der Waals surface area contributed by atoms with Crippen LogP contribution >= 0.6 is 0 Å². The minimum Gasteiger partial charge on any atom is -0.294 e. The van der Waals surface area contributed by atoms with Gasteiger partial charge in [-0.15, -0.1) is 0 Å². The van der Waals surface area contributed by atoms with E-state index in [0.29, 0.717) is 0 Å². The molecule has 2 fully saturated rings. The van der Waals surface area contributed by atoms with Crippen molar-refractivity contribution in [1.29, 1.82) is 0 Å². The van der Waals surface area contributed by atoms with Gasteiger partial charge in [-0.1, -0.05) is 42.8 Å². The van der Waals surface area contributed by atoms with Crippen molar-refractivity contribution >= 4 is 27.4 Å². The molecule has 2 atom stereocenters. The first kappa shape index (κ1) is 14.1. The van der Waals surface area contributed by atoms with Gasteiger partial charge < -0.3 is 0 Å². The zero-order valence-corrected chi connectivity index (χ0v) is 13.4. The molecule has 0 amide bonds. The van der Waals surface area contributed by atoms with Crippen molar-refractivity contribution in [3.63, 3.8) is 0 Å². The highest BCUT2D eigenvalue weighted by atomic mass is 32.2. The van der Waals surface area contributed by atoms with Gasteiger partial charge in [-0.2, -0.15) is 0 Å². The summed E-state index contributed by atoms with van der Waals surface area (Å²) in [6.07, 6.45) is 4.87. The molecule has 2 aliphatic rings. The Morgan fingerprint density at radius 1 is 0.955 bits per heavy atom. The molecule has 0 saturated carbocycles. The minimum absolute atomic E-state index is 0.0640. The van der Waals surface area contributed by atoms with Crippen LogP contribution in [0.5, 0.6) is 0 Å². The second-order valence-corrected chi connectivity index (χ2v) is 8.59. The average molecular weight is 312 g/mol. The van der Waals surface area contributed by atoms with E-state index in [-0.39, 0.29) is 22.2 Å².